The molecule has 14 nitrogen and oxygen atoms in total. The van der Waals surface area contributed by atoms with Gasteiger partial charge in [0.05, 0.1) is 24.5 Å². The van der Waals surface area contributed by atoms with E-state index < -0.39 is 30.4 Å². The molecule has 1 amide bonds. The minimum atomic E-state index is -1.42. The number of aryl methyl sites for hydroxylation is 1. The van der Waals surface area contributed by atoms with Gasteiger partial charge in [-0.15, -0.1) is 5.11 Å². The summed E-state index contributed by atoms with van der Waals surface area (Å²) in [4.78, 5) is 28.7. The van der Waals surface area contributed by atoms with Gasteiger partial charge in [0.25, 0.3) is 11.9 Å². The number of nitrogens with zero attached hydrogens (tertiary/aromatic N) is 8. The van der Waals surface area contributed by atoms with Gasteiger partial charge in [-0.2, -0.15) is 15.1 Å². The number of imidazole rings is 2. The number of aliphatic hydroxyl groups is 2. The number of aliphatic hydroxyl groups excluding tert-OH is 2. The van der Waals surface area contributed by atoms with Gasteiger partial charge in [-0.1, -0.05) is 0 Å². The Morgan fingerprint density at radius 2 is 2.13 bits per heavy atom. The molecule has 0 radical (unpaired) electrons. The topological polar surface area (TPSA) is 191 Å². The van der Waals surface area contributed by atoms with Crippen molar-refractivity contribution in [2.75, 3.05) is 12.3 Å². The van der Waals surface area contributed by atoms with E-state index in [1.165, 1.54) is 10.9 Å². The minimum Gasteiger partial charge on any atom is -0.387 e. The molecule has 0 saturated carbocycles. The maximum Gasteiger partial charge on any atom is 0.272 e. The highest BCUT2D eigenvalue weighted by molar-refractivity contribution is 5.83. The van der Waals surface area contributed by atoms with Crippen molar-refractivity contribution in [3.8, 4) is 0 Å². The predicted octanol–water partition coefficient (Wildman–Crippen LogP) is -0.819. The second-order valence-corrected chi connectivity index (χ2v) is 6.95. The molecule has 4 rings (SSSR count). The number of carbonyl (C=O) groups is 1. The SMILES string of the molecule is CCNC(=O)[C@H]1O[C@@H](n2cnc3c(N)nc(N=NCc4cncn4C)nc32)[C@H](O)[C@@H]1O. The molecule has 0 spiro atoms. The van der Waals surface area contributed by atoms with Crippen LogP contribution >= 0.6 is 0 Å². The molecule has 4 heterocycles. The number of nitrogens with one attached hydrogen (secondary N) is 1. The molecule has 3 aromatic heterocycles. The van der Waals surface area contributed by atoms with Gasteiger partial charge < -0.3 is 30.6 Å². The molecule has 1 aliphatic heterocycles. The number of nitrogen functional groups attached to an aromatic ring is 1. The van der Waals surface area contributed by atoms with Gasteiger partial charge >= 0.3 is 0 Å². The lowest BCUT2D eigenvalue weighted by atomic mass is 10.1. The summed E-state index contributed by atoms with van der Waals surface area (Å²) in [6, 6.07) is 0. The summed E-state index contributed by atoms with van der Waals surface area (Å²) in [5, 5.41) is 31.4. The summed E-state index contributed by atoms with van der Waals surface area (Å²) >= 11 is 0. The molecule has 31 heavy (non-hydrogen) atoms. The number of ether oxygens (including phenoxy) is 1. The zero-order chi connectivity index (χ0) is 22.1. The molecule has 1 fully saturated rings. The van der Waals surface area contributed by atoms with Crippen molar-refractivity contribution >= 4 is 28.8 Å². The van der Waals surface area contributed by atoms with E-state index in [-0.39, 0.29) is 29.5 Å². The first kappa shape index (κ1) is 20.8. The van der Waals surface area contributed by atoms with E-state index in [1.54, 1.807) is 19.4 Å². The van der Waals surface area contributed by atoms with Gasteiger partial charge in [0.15, 0.2) is 23.8 Å². The molecule has 0 unspecified atom stereocenters. The Balaban J connectivity index is 1.62. The highest BCUT2D eigenvalue weighted by Gasteiger charge is 2.47. The van der Waals surface area contributed by atoms with Crippen molar-refractivity contribution in [1.82, 2.24) is 34.4 Å². The number of nitrogens with two attached hydrogens (primary N) is 1. The Hall–Kier alpha value is -3.49. The van der Waals surface area contributed by atoms with Crippen LogP contribution in [0.1, 0.15) is 18.8 Å². The van der Waals surface area contributed by atoms with Crippen molar-refractivity contribution < 1.29 is 19.7 Å². The lowest BCUT2D eigenvalue weighted by molar-refractivity contribution is -0.137. The van der Waals surface area contributed by atoms with Crippen molar-refractivity contribution in [3.63, 3.8) is 0 Å². The number of aromatic nitrogens is 6. The van der Waals surface area contributed by atoms with Gasteiger partial charge in [0.1, 0.15) is 24.3 Å². The van der Waals surface area contributed by atoms with E-state index in [0.717, 1.165) is 5.69 Å². The van der Waals surface area contributed by atoms with Crippen LogP contribution < -0.4 is 11.1 Å². The summed E-state index contributed by atoms with van der Waals surface area (Å²) in [5.41, 5.74) is 7.30. The Labute approximate surface area is 175 Å². The zero-order valence-electron chi connectivity index (χ0n) is 16.8. The number of hydrogen-bond acceptors (Lipinski definition) is 11. The number of anilines is 1. The molecule has 164 valence electrons. The van der Waals surface area contributed by atoms with Crippen LogP contribution in [0, 0.1) is 0 Å². The highest BCUT2D eigenvalue weighted by atomic mass is 16.6. The summed E-state index contributed by atoms with van der Waals surface area (Å²) in [7, 11) is 1.84. The molecule has 5 N–H and O–H groups in total. The van der Waals surface area contributed by atoms with Gasteiger partial charge in [0, 0.05) is 13.6 Å². The third-order valence-corrected chi connectivity index (χ3v) is 4.87. The van der Waals surface area contributed by atoms with Crippen molar-refractivity contribution in [1.29, 1.82) is 0 Å². The highest BCUT2D eigenvalue weighted by Crippen LogP contribution is 2.32. The average molecular weight is 430 g/mol. The largest absolute Gasteiger partial charge is 0.387 e. The number of rotatable bonds is 6. The van der Waals surface area contributed by atoms with E-state index in [2.05, 4.69) is 35.5 Å². The number of fused-ring (bicyclic) bond motifs is 1. The Morgan fingerprint density at radius 3 is 2.84 bits per heavy atom. The molecule has 1 aliphatic rings. The number of carbonyl (C=O) groups excluding carboxylic acids is 1. The lowest BCUT2D eigenvalue weighted by Crippen LogP contribution is -2.42. The van der Waals surface area contributed by atoms with Crippen LogP contribution in [-0.4, -0.2) is 70.0 Å². The molecule has 1 saturated heterocycles. The Morgan fingerprint density at radius 1 is 1.32 bits per heavy atom. The third kappa shape index (κ3) is 3.83. The third-order valence-electron chi connectivity index (χ3n) is 4.87. The summed E-state index contributed by atoms with van der Waals surface area (Å²) < 4.78 is 8.80. The lowest BCUT2D eigenvalue weighted by Gasteiger charge is -2.16. The normalized spacial score (nSPS) is 23.7. The monoisotopic (exact) mass is 430 g/mol. The number of azo groups is 1. The predicted molar refractivity (Wildman–Crippen MR) is 106 cm³/mol. The second-order valence-electron chi connectivity index (χ2n) is 6.95. The van der Waals surface area contributed by atoms with E-state index in [9.17, 15) is 15.0 Å². The Kier molecular flexibility index (Phi) is 5.58. The standard InChI is InChI=1S/C17H22N10O4/c1-3-20-15(30)12-10(28)11(29)16(31-12)27-7-21-9-13(18)23-17(24-14(9)27)25-22-5-8-4-19-6-26(8)2/h4,6-7,10-12,16,28-29H,3,5H2,1-2H3,(H,20,30)(H2,18,23,24)/t10-,11+,12-,16+/m0/s1. The van der Waals surface area contributed by atoms with Crippen LogP contribution in [0.2, 0.25) is 0 Å². The molecule has 0 aromatic carbocycles. The second kappa shape index (κ2) is 8.33. The van der Waals surface area contributed by atoms with Gasteiger partial charge in [-0.05, 0) is 6.92 Å². The molecule has 14 heteroatoms. The quantitative estimate of drug-likeness (QED) is 0.362. The van der Waals surface area contributed by atoms with E-state index in [1.807, 2.05) is 11.6 Å². The number of amides is 1. The van der Waals surface area contributed by atoms with Gasteiger partial charge in [0.2, 0.25) is 0 Å². The van der Waals surface area contributed by atoms with Crippen LogP contribution in [0.3, 0.4) is 0 Å². The van der Waals surface area contributed by atoms with Crippen molar-refractivity contribution in [2.45, 2.75) is 38.0 Å². The first-order valence-electron chi connectivity index (χ1n) is 9.52. The minimum absolute atomic E-state index is 0.0118. The van der Waals surface area contributed by atoms with E-state index in [4.69, 9.17) is 10.5 Å². The smallest absolute Gasteiger partial charge is 0.272 e. The summed E-state index contributed by atoms with van der Waals surface area (Å²) in [6.45, 7) is 2.36. The van der Waals surface area contributed by atoms with Gasteiger partial charge in [-0.25, -0.2) is 9.97 Å². The molecular formula is C17H22N10O4. The van der Waals surface area contributed by atoms with Crippen molar-refractivity contribution in [2.24, 2.45) is 17.3 Å². The Bertz CT molecular complexity index is 1130. The molecule has 3 aromatic rings. The average Bonchev–Trinajstić information content (AvgIpc) is 3.41. The van der Waals surface area contributed by atoms with Crippen LogP contribution in [0.15, 0.2) is 29.1 Å². The molecule has 4 atom stereocenters. The van der Waals surface area contributed by atoms with E-state index >= 15 is 0 Å². The van der Waals surface area contributed by atoms with Crippen LogP contribution in [0.25, 0.3) is 11.2 Å². The number of likely N-dealkylation sites (N-methyl/N-ethyl adjacent to an activating group) is 1. The fourth-order valence-electron chi connectivity index (χ4n) is 3.25. The summed E-state index contributed by atoms with van der Waals surface area (Å²) in [6.07, 6.45) is -0.508. The molecule has 0 bridgehead atoms. The number of hydrogen-bond donors (Lipinski definition) is 4. The molecule has 0 aliphatic carbocycles. The van der Waals surface area contributed by atoms with Crippen LogP contribution in [0.4, 0.5) is 11.8 Å². The molecular weight excluding hydrogens is 408 g/mol. The van der Waals surface area contributed by atoms with Crippen LogP contribution in [-0.2, 0) is 23.1 Å². The van der Waals surface area contributed by atoms with Crippen LogP contribution in [0.5, 0.6) is 0 Å². The fourth-order valence-corrected chi connectivity index (χ4v) is 3.25. The summed E-state index contributed by atoms with van der Waals surface area (Å²) in [5.74, 6) is -0.478. The van der Waals surface area contributed by atoms with E-state index in [0.29, 0.717) is 6.54 Å². The first-order valence-corrected chi connectivity index (χ1v) is 9.52. The fraction of sp³-hybridized carbons (Fsp3) is 0.471. The maximum atomic E-state index is 12.1. The zero-order valence-corrected chi connectivity index (χ0v) is 16.8. The maximum absolute atomic E-state index is 12.1. The van der Waals surface area contributed by atoms with Gasteiger partial charge in [-0.3, -0.25) is 9.36 Å². The first-order chi connectivity index (χ1) is 14.9. The van der Waals surface area contributed by atoms with Crippen molar-refractivity contribution in [3.05, 3.63) is 24.5 Å².